The number of pyridine rings is 1. The first-order valence-corrected chi connectivity index (χ1v) is 7.22. The molecule has 0 spiro atoms. The Balaban J connectivity index is 1.94. The van der Waals surface area contributed by atoms with Crippen LogP contribution in [0, 0.1) is 0 Å². The average molecular weight is 283 g/mol. The van der Waals surface area contributed by atoms with Crippen molar-refractivity contribution in [3.63, 3.8) is 0 Å². The van der Waals surface area contributed by atoms with E-state index in [4.69, 9.17) is 5.84 Å². The number of benzene rings is 1. The van der Waals surface area contributed by atoms with Crippen molar-refractivity contribution in [2.75, 3.05) is 37.0 Å². The normalized spacial score (nSPS) is 19.5. The summed E-state index contributed by atoms with van der Waals surface area (Å²) in [5.74, 6) is 7.13. The Hall–Kier alpha value is -2.11. The van der Waals surface area contributed by atoms with Crippen LogP contribution in [0.4, 0.5) is 11.6 Å². The van der Waals surface area contributed by atoms with Gasteiger partial charge in [-0.3, -0.25) is 0 Å². The highest BCUT2D eigenvalue weighted by atomic mass is 15.3. The second-order valence-electron chi connectivity index (χ2n) is 5.41. The second-order valence-corrected chi connectivity index (χ2v) is 5.41. The fourth-order valence-corrected chi connectivity index (χ4v) is 2.82. The van der Waals surface area contributed by atoms with Crippen molar-refractivity contribution < 1.29 is 0 Å². The first kappa shape index (κ1) is 13.9. The summed E-state index contributed by atoms with van der Waals surface area (Å²) in [4.78, 5) is 9.30. The van der Waals surface area contributed by atoms with Crippen LogP contribution in [0.25, 0.3) is 0 Å². The van der Waals surface area contributed by atoms with E-state index >= 15 is 0 Å². The third-order valence-corrected chi connectivity index (χ3v) is 3.94. The van der Waals surface area contributed by atoms with Crippen molar-refractivity contribution in [2.45, 2.75) is 6.04 Å². The fourth-order valence-electron chi connectivity index (χ4n) is 2.82. The van der Waals surface area contributed by atoms with Crippen molar-refractivity contribution in [3.8, 4) is 0 Å². The van der Waals surface area contributed by atoms with Crippen molar-refractivity contribution in [3.05, 3.63) is 54.1 Å². The van der Waals surface area contributed by atoms with E-state index < -0.39 is 0 Å². The minimum absolute atomic E-state index is 0.311. The minimum atomic E-state index is 0.311. The summed E-state index contributed by atoms with van der Waals surface area (Å²) in [5, 5.41) is 0. The highest BCUT2D eigenvalue weighted by molar-refractivity contribution is 5.49. The number of nitrogens with one attached hydrogen (secondary N) is 1. The number of aromatic nitrogens is 1. The predicted octanol–water partition coefficient (Wildman–Crippen LogP) is 1.86. The monoisotopic (exact) mass is 283 g/mol. The molecule has 3 N–H and O–H groups in total. The van der Waals surface area contributed by atoms with Crippen LogP contribution >= 0.6 is 0 Å². The molecule has 1 aromatic heterocycles. The zero-order valence-electron chi connectivity index (χ0n) is 12.2. The summed E-state index contributed by atoms with van der Waals surface area (Å²) in [6.07, 6.45) is 0. The number of likely N-dealkylation sites (N-methyl/N-ethyl adjacent to an activating group) is 1. The van der Waals surface area contributed by atoms with E-state index in [0.29, 0.717) is 11.9 Å². The number of nitrogen functional groups attached to an aromatic ring is 1. The summed E-state index contributed by atoms with van der Waals surface area (Å²) in [7, 11) is 2.17. The SMILES string of the molecule is CN1CCN(c2cccc(NN)n2)C(c2ccccc2)C1. The van der Waals surface area contributed by atoms with E-state index in [2.05, 4.69) is 57.6 Å². The number of hydrazine groups is 1. The van der Waals surface area contributed by atoms with E-state index in [1.807, 2.05) is 18.2 Å². The smallest absolute Gasteiger partial charge is 0.142 e. The summed E-state index contributed by atoms with van der Waals surface area (Å²) in [6.45, 7) is 2.98. The molecule has 1 fully saturated rings. The zero-order chi connectivity index (χ0) is 14.7. The molecule has 1 atom stereocenters. The molecule has 5 nitrogen and oxygen atoms in total. The molecule has 2 aromatic rings. The van der Waals surface area contributed by atoms with Crippen LogP contribution in [0.15, 0.2) is 48.5 Å². The topological polar surface area (TPSA) is 57.4 Å². The van der Waals surface area contributed by atoms with Crippen LogP contribution in [0.2, 0.25) is 0 Å². The summed E-state index contributed by atoms with van der Waals surface area (Å²) >= 11 is 0. The lowest BCUT2D eigenvalue weighted by molar-refractivity contribution is 0.268. The Morgan fingerprint density at radius 2 is 1.90 bits per heavy atom. The van der Waals surface area contributed by atoms with E-state index in [-0.39, 0.29) is 0 Å². The first-order chi connectivity index (χ1) is 10.3. The van der Waals surface area contributed by atoms with Gasteiger partial charge in [0, 0.05) is 19.6 Å². The quantitative estimate of drug-likeness (QED) is 0.665. The van der Waals surface area contributed by atoms with E-state index in [1.54, 1.807) is 0 Å². The molecular weight excluding hydrogens is 262 g/mol. The van der Waals surface area contributed by atoms with Gasteiger partial charge in [-0.2, -0.15) is 0 Å². The molecule has 0 radical (unpaired) electrons. The number of hydrogen-bond donors (Lipinski definition) is 2. The molecule has 0 saturated carbocycles. The van der Waals surface area contributed by atoms with Crippen molar-refractivity contribution in [1.29, 1.82) is 0 Å². The number of anilines is 2. The predicted molar refractivity (Wildman–Crippen MR) is 86.1 cm³/mol. The van der Waals surface area contributed by atoms with Crippen molar-refractivity contribution in [2.24, 2.45) is 5.84 Å². The summed E-state index contributed by atoms with van der Waals surface area (Å²) in [6, 6.07) is 16.8. The maximum absolute atomic E-state index is 5.48. The Morgan fingerprint density at radius 3 is 2.67 bits per heavy atom. The van der Waals surface area contributed by atoms with Crippen molar-refractivity contribution in [1.82, 2.24) is 9.88 Å². The van der Waals surface area contributed by atoms with Crippen LogP contribution < -0.4 is 16.2 Å². The molecule has 1 aromatic carbocycles. The van der Waals surface area contributed by atoms with Crippen LogP contribution in [-0.4, -0.2) is 36.6 Å². The van der Waals surface area contributed by atoms with E-state index in [1.165, 1.54) is 5.56 Å². The molecule has 1 aliphatic heterocycles. The van der Waals surface area contributed by atoms with Gasteiger partial charge in [-0.25, -0.2) is 10.8 Å². The number of piperazine rings is 1. The molecule has 1 aliphatic rings. The average Bonchev–Trinajstić information content (AvgIpc) is 2.55. The maximum atomic E-state index is 5.48. The standard InChI is InChI=1S/C16H21N5/c1-20-10-11-21(16-9-5-8-15(18-16)19-17)14(12-20)13-6-3-2-4-7-13/h2-9,14H,10-12,17H2,1H3,(H,18,19). The Morgan fingerprint density at radius 1 is 1.10 bits per heavy atom. The number of nitrogens with zero attached hydrogens (tertiary/aromatic N) is 3. The molecule has 5 heteroatoms. The van der Waals surface area contributed by atoms with Gasteiger partial charge < -0.3 is 15.2 Å². The van der Waals surface area contributed by atoms with Crippen molar-refractivity contribution >= 4 is 11.6 Å². The molecule has 0 aliphatic carbocycles. The van der Waals surface area contributed by atoms with Crippen LogP contribution in [0.3, 0.4) is 0 Å². The molecule has 0 amide bonds. The zero-order valence-corrected chi connectivity index (χ0v) is 12.2. The van der Waals surface area contributed by atoms with Crippen LogP contribution in [-0.2, 0) is 0 Å². The van der Waals surface area contributed by atoms with Crippen LogP contribution in [0.1, 0.15) is 11.6 Å². The minimum Gasteiger partial charge on any atom is -0.347 e. The lowest BCUT2D eigenvalue weighted by Gasteiger charge is -2.41. The van der Waals surface area contributed by atoms with Gasteiger partial charge in [0.15, 0.2) is 0 Å². The van der Waals surface area contributed by atoms with Gasteiger partial charge in [-0.05, 0) is 24.7 Å². The fraction of sp³-hybridized carbons (Fsp3) is 0.312. The second kappa shape index (κ2) is 6.11. The van der Waals surface area contributed by atoms with Gasteiger partial charge in [-0.15, -0.1) is 0 Å². The largest absolute Gasteiger partial charge is 0.347 e. The van der Waals surface area contributed by atoms with Gasteiger partial charge in [0.1, 0.15) is 11.6 Å². The molecule has 110 valence electrons. The Kier molecular flexibility index (Phi) is 4.03. The first-order valence-electron chi connectivity index (χ1n) is 7.22. The van der Waals surface area contributed by atoms with Gasteiger partial charge in [0.25, 0.3) is 0 Å². The van der Waals surface area contributed by atoms with E-state index in [9.17, 15) is 0 Å². The summed E-state index contributed by atoms with van der Waals surface area (Å²) < 4.78 is 0. The highest BCUT2D eigenvalue weighted by Gasteiger charge is 2.27. The maximum Gasteiger partial charge on any atom is 0.142 e. The molecule has 2 heterocycles. The van der Waals surface area contributed by atoms with Gasteiger partial charge in [0.2, 0.25) is 0 Å². The number of nitrogens with two attached hydrogens (primary N) is 1. The molecule has 1 unspecified atom stereocenters. The van der Waals surface area contributed by atoms with Crippen LogP contribution in [0.5, 0.6) is 0 Å². The van der Waals surface area contributed by atoms with Gasteiger partial charge in [0.05, 0.1) is 6.04 Å². The lowest BCUT2D eigenvalue weighted by Crippen LogP contribution is -2.47. The third-order valence-electron chi connectivity index (χ3n) is 3.94. The summed E-state index contributed by atoms with van der Waals surface area (Å²) in [5.41, 5.74) is 3.94. The molecular formula is C16H21N5. The third kappa shape index (κ3) is 2.99. The van der Waals surface area contributed by atoms with Gasteiger partial charge >= 0.3 is 0 Å². The number of hydrogen-bond acceptors (Lipinski definition) is 5. The van der Waals surface area contributed by atoms with Gasteiger partial charge in [-0.1, -0.05) is 36.4 Å². The highest BCUT2D eigenvalue weighted by Crippen LogP contribution is 2.29. The lowest BCUT2D eigenvalue weighted by atomic mass is 10.0. The Bertz CT molecular complexity index is 586. The number of rotatable bonds is 3. The van der Waals surface area contributed by atoms with E-state index in [0.717, 1.165) is 25.5 Å². The molecule has 1 saturated heterocycles. The Labute approximate surface area is 125 Å². The molecule has 21 heavy (non-hydrogen) atoms. The molecule has 0 bridgehead atoms. The molecule has 3 rings (SSSR count).